The summed E-state index contributed by atoms with van der Waals surface area (Å²) in [5.74, 6) is 1.40. The molecule has 3 nitrogen and oxygen atoms in total. The average Bonchev–Trinajstić information content (AvgIpc) is 3.10. The molecule has 1 aliphatic rings. The molecule has 3 aromatic carbocycles. The van der Waals surface area contributed by atoms with Gasteiger partial charge in [0.25, 0.3) is 0 Å². The van der Waals surface area contributed by atoms with Crippen LogP contribution in [-0.4, -0.2) is 11.7 Å². The van der Waals surface area contributed by atoms with Gasteiger partial charge in [0.2, 0.25) is 5.91 Å². The first-order valence-electron chi connectivity index (χ1n) is 9.08. The Labute approximate surface area is 174 Å². The van der Waals surface area contributed by atoms with Crippen LogP contribution in [-0.2, 0) is 11.4 Å². The molecule has 4 rings (SSSR count). The summed E-state index contributed by atoms with van der Waals surface area (Å²) in [5.41, 5.74) is 4.32. The number of carbonyl (C=O) groups excluding carboxylic acids is 1. The van der Waals surface area contributed by atoms with Crippen LogP contribution in [0.4, 0.5) is 5.69 Å². The van der Waals surface area contributed by atoms with Crippen LogP contribution in [0, 0.1) is 6.92 Å². The number of benzene rings is 3. The smallest absolute Gasteiger partial charge is 0.238 e. The van der Waals surface area contributed by atoms with E-state index in [2.05, 4.69) is 31.2 Å². The number of ether oxygens (including phenoxy) is 1. The minimum atomic E-state index is -0.0418. The fourth-order valence-corrected chi connectivity index (χ4v) is 4.43. The highest BCUT2D eigenvalue weighted by Crippen LogP contribution is 2.42. The lowest BCUT2D eigenvalue weighted by molar-refractivity contribution is -0.115. The van der Waals surface area contributed by atoms with E-state index in [9.17, 15) is 4.79 Å². The fraction of sp³-hybridized carbons (Fsp3) is 0.174. The van der Waals surface area contributed by atoms with Crippen LogP contribution in [0.3, 0.4) is 0 Å². The largest absolute Gasteiger partial charge is 0.489 e. The van der Waals surface area contributed by atoms with Gasteiger partial charge in [0.05, 0.1) is 5.75 Å². The topological polar surface area (TPSA) is 29.5 Å². The van der Waals surface area contributed by atoms with Crippen LogP contribution in [0.2, 0.25) is 5.02 Å². The monoisotopic (exact) mass is 409 g/mol. The highest BCUT2D eigenvalue weighted by molar-refractivity contribution is 8.00. The van der Waals surface area contributed by atoms with Crippen molar-refractivity contribution in [2.24, 2.45) is 0 Å². The van der Waals surface area contributed by atoms with Crippen molar-refractivity contribution >= 4 is 35.0 Å². The Balaban J connectivity index is 1.47. The molecule has 0 aliphatic carbocycles. The van der Waals surface area contributed by atoms with Gasteiger partial charge in [0.1, 0.15) is 17.7 Å². The molecular weight excluding hydrogens is 390 g/mol. The van der Waals surface area contributed by atoms with Crippen LogP contribution in [0.5, 0.6) is 5.75 Å². The Morgan fingerprint density at radius 2 is 1.68 bits per heavy atom. The van der Waals surface area contributed by atoms with Gasteiger partial charge in [-0.2, -0.15) is 0 Å². The minimum absolute atomic E-state index is 0.0418. The van der Waals surface area contributed by atoms with E-state index in [4.69, 9.17) is 16.3 Å². The lowest BCUT2D eigenvalue weighted by Gasteiger charge is -2.24. The van der Waals surface area contributed by atoms with Crippen LogP contribution >= 0.6 is 23.4 Å². The SMILES string of the molecule is Cc1ccc(COc2ccc([C@@H]3SCC(=O)N3c3ccc(Cl)cc3)cc2)cc1. The van der Waals surface area contributed by atoms with E-state index in [-0.39, 0.29) is 11.3 Å². The van der Waals surface area contributed by atoms with E-state index >= 15 is 0 Å². The third kappa shape index (κ3) is 4.18. The summed E-state index contributed by atoms with van der Waals surface area (Å²) in [6.45, 7) is 2.61. The summed E-state index contributed by atoms with van der Waals surface area (Å²) in [4.78, 5) is 14.3. The Bertz CT molecular complexity index is 955. The quantitative estimate of drug-likeness (QED) is 0.517. The first-order chi connectivity index (χ1) is 13.6. The summed E-state index contributed by atoms with van der Waals surface area (Å²) < 4.78 is 5.89. The highest BCUT2D eigenvalue weighted by Gasteiger charge is 2.33. The zero-order chi connectivity index (χ0) is 19.5. The van der Waals surface area contributed by atoms with E-state index < -0.39 is 0 Å². The standard InChI is InChI=1S/C23H20ClNO2S/c1-16-2-4-17(5-3-16)14-27-21-12-6-18(7-13-21)23-25(22(26)15-28-23)20-10-8-19(24)9-11-20/h2-13,23H,14-15H2,1H3/t23-/m0/s1. The summed E-state index contributed by atoms with van der Waals surface area (Å²) >= 11 is 7.62. The van der Waals surface area contributed by atoms with Crippen molar-refractivity contribution < 1.29 is 9.53 Å². The highest BCUT2D eigenvalue weighted by atomic mass is 35.5. The van der Waals surface area contributed by atoms with Crippen LogP contribution < -0.4 is 9.64 Å². The molecule has 28 heavy (non-hydrogen) atoms. The third-order valence-electron chi connectivity index (χ3n) is 4.66. The molecular formula is C23H20ClNO2S. The zero-order valence-electron chi connectivity index (χ0n) is 15.5. The Kier molecular flexibility index (Phi) is 5.60. The van der Waals surface area contributed by atoms with Gasteiger partial charge in [-0.3, -0.25) is 9.69 Å². The third-order valence-corrected chi connectivity index (χ3v) is 6.13. The van der Waals surface area contributed by atoms with Gasteiger partial charge in [-0.25, -0.2) is 0 Å². The van der Waals surface area contributed by atoms with Crippen molar-refractivity contribution in [2.45, 2.75) is 18.9 Å². The fourth-order valence-electron chi connectivity index (χ4n) is 3.13. The van der Waals surface area contributed by atoms with Gasteiger partial charge in [0, 0.05) is 10.7 Å². The van der Waals surface area contributed by atoms with Gasteiger partial charge < -0.3 is 4.74 Å². The molecule has 0 unspecified atom stereocenters. The van der Waals surface area contributed by atoms with Crippen molar-refractivity contribution in [2.75, 3.05) is 10.7 Å². The number of amides is 1. The second kappa shape index (κ2) is 8.29. The molecule has 1 atom stereocenters. The molecule has 0 saturated carbocycles. The normalized spacial score (nSPS) is 16.4. The Morgan fingerprint density at radius 1 is 1.00 bits per heavy atom. The lowest BCUT2D eigenvalue weighted by Crippen LogP contribution is -2.27. The van der Waals surface area contributed by atoms with Crippen molar-refractivity contribution in [3.63, 3.8) is 0 Å². The number of nitrogens with zero attached hydrogens (tertiary/aromatic N) is 1. The molecule has 1 aliphatic heterocycles. The molecule has 0 N–H and O–H groups in total. The second-order valence-corrected chi connectivity index (χ2v) is 8.25. The summed E-state index contributed by atoms with van der Waals surface area (Å²) in [7, 11) is 0. The van der Waals surface area contributed by atoms with Crippen LogP contribution in [0.15, 0.2) is 72.8 Å². The molecule has 3 aromatic rings. The first kappa shape index (κ1) is 18.9. The number of rotatable bonds is 5. The van der Waals surface area contributed by atoms with E-state index in [1.54, 1.807) is 11.8 Å². The number of hydrogen-bond donors (Lipinski definition) is 0. The maximum absolute atomic E-state index is 12.4. The van der Waals surface area contributed by atoms with Gasteiger partial charge in [-0.15, -0.1) is 11.8 Å². The van der Waals surface area contributed by atoms with E-state index in [1.807, 2.05) is 53.4 Å². The molecule has 0 spiro atoms. The van der Waals surface area contributed by atoms with Crippen molar-refractivity contribution in [1.29, 1.82) is 0 Å². The first-order valence-corrected chi connectivity index (χ1v) is 10.5. The molecule has 5 heteroatoms. The molecule has 142 valence electrons. The van der Waals surface area contributed by atoms with Gasteiger partial charge in [-0.05, 0) is 54.4 Å². The van der Waals surface area contributed by atoms with Gasteiger partial charge >= 0.3 is 0 Å². The number of hydrogen-bond acceptors (Lipinski definition) is 3. The predicted octanol–water partition coefficient (Wildman–Crippen LogP) is 6.01. The maximum Gasteiger partial charge on any atom is 0.238 e. The van der Waals surface area contributed by atoms with E-state index in [0.29, 0.717) is 17.4 Å². The van der Waals surface area contributed by atoms with Crippen LogP contribution in [0.25, 0.3) is 0 Å². The number of aryl methyl sites for hydroxylation is 1. The second-order valence-electron chi connectivity index (χ2n) is 6.75. The lowest BCUT2D eigenvalue weighted by atomic mass is 10.1. The van der Waals surface area contributed by atoms with Crippen molar-refractivity contribution in [3.05, 3.63) is 94.5 Å². The number of carbonyl (C=O) groups is 1. The summed E-state index contributed by atoms with van der Waals surface area (Å²) in [6, 6.07) is 23.7. The molecule has 1 amide bonds. The zero-order valence-corrected chi connectivity index (χ0v) is 17.0. The average molecular weight is 410 g/mol. The minimum Gasteiger partial charge on any atom is -0.489 e. The van der Waals surface area contributed by atoms with E-state index in [1.165, 1.54) is 5.56 Å². The Hall–Kier alpha value is -2.43. The number of thioether (sulfide) groups is 1. The molecule has 1 heterocycles. The molecule has 1 saturated heterocycles. The molecule has 0 bridgehead atoms. The maximum atomic E-state index is 12.4. The summed E-state index contributed by atoms with van der Waals surface area (Å²) in [5, 5.41) is 0.620. The predicted molar refractivity (Wildman–Crippen MR) is 116 cm³/mol. The summed E-state index contributed by atoms with van der Waals surface area (Å²) in [6.07, 6.45) is 0. The van der Waals surface area contributed by atoms with Gasteiger partial charge in [0.15, 0.2) is 0 Å². The number of anilines is 1. The Morgan fingerprint density at radius 3 is 2.36 bits per heavy atom. The molecule has 0 aromatic heterocycles. The number of halogens is 1. The van der Waals surface area contributed by atoms with Crippen LogP contribution in [0.1, 0.15) is 22.1 Å². The molecule has 0 radical (unpaired) electrons. The van der Waals surface area contributed by atoms with Crippen molar-refractivity contribution in [3.8, 4) is 5.75 Å². The van der Waals surface area contributed by atoms with Gasteiger partial charge in [-0.1, -0.05) is 53.6 Å². The molecule has 1 fully saturated rings. The van der Waals surface area contributed by atoms with Crippen molar-refractivity contribution in [1.82, 2.24) is 0 Å². The van der Waals surface area contributed by atoms with E-state index in [0.717, 1.165) is 22.6 Å².